The third-order valence-corrected chi connectivity index (χ3v) is 6.00. The van der Waals surface area contributed by atoms with Gasteiger partial charge in [0.2, 0.25) is 0 Å². The highest BCUT2D eigenvalue weighted by atomic mass is 32.1. The normalized spacial score (nSPS) is 13.5. The topological polar surface area (TPSA) is 74.2 Å². The van der Waals surface area contributed by atoms with E-state index < -0.39 is 0 Å². The van der Waals surface area contributed by atoms with Gasteiger partial charge in [0.1, 0.15) is 16.8 Å². The fraction of sp³-hybridized carbons (Fsp3) is 0.350. The van der Waals surface area contributed by atoms with Crippen LogP contribution in [0.25, 0.3) is 0 Å². The van der Waals surface area contributed by atoms with Gasteiger partial charge in [0.15, 0.2) is 5.11 Å². The molecule has 3 rings (SSSR count). The van der Waals surface area contributed by atoms with Crippen molar-refractivity contribution in [1.82, 2.24) is 5.32 Å². The molecule has 1 aliphatic carbocycles. The van der Waals surface area contributed by atoms with Crippen molar-refractivity contribution in [3.63, 3.8) is 0 Å². The number of anilines is 1. The second-order valence-electron chi connectivity index (χ2n) is 6.37. The number of aryl methyl sites for hydroxylation is 1. The van der Waals surface area contributed by atoms with Gasteiger partial charge in [-0.05, 0) is 67.7 Å². The smallest absolute Gasteiger partial charge is 0.257 e. The number of carbonyl (C=O) groups is 1. The van der Waals surface area contributed by atoms with E-state index >= 15 is 0 Å². The molecule has 0 bridgehead atoms. The molecule has 0 unspecified atom stereocenters. The molecule has 2 N–H and O–H groups in total. The Morgan fingerprint density at radius 3 is 2.56 bits per heavy atom. The number of methoxy groups -OCH3 is 1. The fourth-order valence-electron chi connectivity index (χ4n) is 3.18. The highest BCUT2D eigenvalue weighted by molar-refractivity contribution is 7.80. The summed E-state index contributed by atoms with van der Waals surface area (Å²) in [5.41, 5.74) is 2.30. The third kappa shape index (κ3) is 4.65. The van der Waals surface area contributed by atoms with Crippen molar-refractivity contribution < 1.29 is 9.53 Å². The predicted molar refractivity (Wildman–Crippen MR) is 112 cm³/mol. The Hall–Kier alpha value is -2.43. The molecule has 7 heteroatoms. The number of ether oxygens (including phenoxy) is 1. The molecule has 0 saturated carbocycles. The third-order valence-electron chi connectivity index (χ3n) is 4.59. The number of carbonyl (C=O) groups excluding carboxylic acids is 1. The van der Waals surface area contributed by atoms with Crippen molar-refractivity contribution in [2.45, 2.75) is 38.5 Å². The molecule has 1 aromatic heterocycles. The molecule has 0 aliphatic heterocycles. The summed E-state index contributed by atoms with van der Waals surface area (Å²) < 4.78 is 5.09. The quantitative estimate of drug-likeness (QED) is 0.748. The number of amides is 1. The molecular formula is C20H21N3O2S2. The molecule has 1 heterocycles. The maximum atomic E-state index is 12.3. The number of fused-ring (bicyclic) bond motifs is 1. The zero-order valence-corrected chi connectivity index (χ0v) is 16.8. The minimum atomic E-state index is -0.302. The van der Waals surface area contributed by atoms with Gasteiger partial charge in [-0.15, -0.1) is 11.3 Å². The van der Waals surface area contributed by atoms with Gasteiger partial charge in [0, 0.05) is 10.4 Å². The van der Waals surface area contributed by atoms with Crippen LogP contribution in [-0.2, 0) is 12.8 Å². The highest BCUT2D eigenvalue weighted by Gasteiger charge is 2.20. The van der Waals surface area contributed by atoms with Gasteiger partial charge in [-0.2, -0.15) is 5.26 Å². The van der Waals surface area contributed by atoms with Crippen LogP contribution in [0.15, 0.2) is 24.3 Å². The molecule has 1 aromatic carbocycles. The Bertz CT molecular complexity index is 882. The summed E-state index contributed by atoms with van der Waals surface area (Å²) in [5.74, 6) is 0.380. The average molecular weight is 400 g/mol. The fourth-order valence-corrected chi connectivity index (χ4v) is 4.68. The minimum absolute atomic E-state index is 0.196. The van der Waals surface area contributed by atoms with Crippen LogP contribution in [0.5, 0.6) is 5.75 Å². The minimum Gasteiger partial charge on any atom is -0.497 e. The van der Waals surface area contributed by atoms with Crippen LogP contribution in [0.3, 0.4) is 0 Å². The van der Waals surface area contributed by atoms with E-state index in [0.717, 1.165) is 36.2 Å². The van der Waals surface area contributed by atoms with Crippen molar-refractivity contribution in [3.05, 3.63) is 45.8 Å². The van der Waals surface area contributed by atoms with E-state index in [2.05, 4.69) is 16.7 Å². The largest absolute Gasteiger partial charge is 0.497 e. The molecule has 1 amide bonds. The van der Waals surface area contributed by atoms with Gasteiger partial charge in [-0.25, -0.2) is 0 Å². The number of nitrogens with zero attached hydrogens (tertiary/aromatic N) is 1. The summed E-state index contributed by atoms with van der Waals surface area (Å²) in [4.78, 5) is 13.6. The molecule has 5 nitrogen and oxygen atoms in total. The molecule has 2 aromatic rings. The van der Waals surface area contributed by atoms with E-state index in [1.54, 1.807) is 42.7 Å². The lowest BCUT2D eigenvalue weighted by Crippen LogP contribution is -2.34. The van der Waals surface area contributed by atoms with Crippen LogP contribution in [0.4, 0.5) is 5.00 Å². The monoisotopic (exact) mass is 399 g/mol. The molecular weight excluding hydrogens is 378 g/mol. The van der Waals surface area contributed by atoms with E-state index in [1.165, 1.54) is 17.7 Å². The van der Waals surface area contributed by atoms with Gasteiger partial charge in [-0.3, -0.25) is 10.1 Å². The first-order valence-electron chi connectivity index (χ1n) is 8.93. The second kappa shape index (κ2) is 8.98. The SMILES string of the molecule is COc1ccc(C(=O)NC(=S)Nc2sc3c(c2C#N)CCCCCC3)cc1. The molecule has 0 atom stereocenters. The number of hydrogen-bond acceptors (Lipinski definition) is 5. The van der Waals surface area contributed by atoms with Crippen molar-refractivity contribution in [2.24, 2.45) is 0 Å². The zero-order chi connectivity index (χ0) is 19.2. The maximum Gasteiger partial charge on any atom is 0.257 e. The molecule has 0 radical (unpaired) electrons. The summed E-state index contributed by atoms with van der Waals surface area (Å²) in [5, 5.41) is 16.3. The van der Waals surface area contributed by atoms with Gasteiger partial charge < -0.3 is 10.1 Å². The molecule has 0 fully saturated rings. The number of thiophene rings is 1. The van der Waals surface area contributed by atoms with E-state index in [4.69, 9.17) is 17.0 Å². The van der Waals surface area contributed by atoms with Crippen molar-refractivity contribution in [3.8, 4) is 11.8 Å². The second-order valence-corrected chi connectivity index (χ2v) is 7.88. The standard InChI is InChI=1S/C20H21N3O2S2/c1-25-14-10-8-13(9-11-14)18(24)22-20(26)23-19-16(12-21)15-6-4-2-3-5-7-17(15)27-19/h8-11H,2-7H2,1H3,(H2,22,23,24,26). The number of nitrogens with one attached hydrogen (secondary N) is 2. The zero-order valence-electron chi connectivity index (χ0n) is 15.1. The molecule has 0 saturated heterocycles. The van der Waals surface area contributed by atoms with Gasteiger partial charge in [0.05, 0.1) is 12.7 Å². The number of hydrogen-bond donors (Lipinski definition) is 2. The number of thiocarbonyl (C=S) groups is 1. The average Bonchev–Trinajstić information content (AvgIpc) is 2.96. The van der Waals surface area contributed by atoms with Crippen molar-refractivity contribution >= 4 is 39.6 Å². The Labute approximate surface area is 168 Å². The first-order chi connectivity index (χ1) is 13.1. The lowest BCUT2D eigenvalue weighted by Gasteiger charge is -2.09. The van der Waals surface area contributed by atoms with Crippen molar-refractivity contribution in [2.75, 3.05) is 12.4 Å². The van der Waals surface area contributed by atoms with E-state index in [-0.39, 0.29) is 11.0 Å². The summed E-state index contributed by atoms with van der Waals surface area (Å²) in [6.45, 7) is 0. The Morgan fingerprint density at radius 2 is 1.89 bits per heavy atom. The maximum absolute atomic E-state index is 12.3. The van der Waals surface area contributed by atoms with Crippen LogP contribution in [0, 0.1) is 11.3 Å². The predicted octanol–water partition coefficient (Wildman–Crippen LogP) is 4.41. The van der Waals surface area contributed by atoms with Crippen LogP contribution < -0.4 is 15.4 Å². The summed E-state index contributed by atoms with van der Waals surface area (Å²) in [7, 11) is 1.57. The number of rotatable bonds is 3. The van der Waals surface area contributed by atoms with E-state index in [0.29, 0.717) is 16.9 Å². The number of benzene rings is 1. The summed E-state index contributed by atoms with van der Waals surface area (Å²) >= 11 is 6.87. The lowest BCUT2D eigenvalue weighted by molar-refractivity contribution is 0.0977. The van der Waals surface area contributed by atoms with Crippen LogP contribution >= 0.6 is 23.6 Å². The van der Waals surface area contributed by atoms with E-state index in [1.807, 2.05) is 0 Å². The van der Waals surface area contributed by atoms with Crippen molar-refractivity contribution in [1.29, 1.82) is 5.26 Å². The Morgan fingerprint density at radius 1 is 1.19 bits per heavy atom. The highest BCUT2D eigenvalue weighted by Crippen LogP contribution is 2.36. The molecule has 1 aliphatic rings. The van der Waals surface area contributed by atoms with Crippen LogP contribution in [0.1, 0.15) is 52.0 Å². The summed E-state index contributed by atoms with van der Waals surface area (Å²) in [6, 6.07) is 9.11. The van der Waals surface area contributed by atoms with Crippen LogP contribution in [-0.4, -0.2) is 18.1 Å². The lowest BCUT2D eigenvalue weighted by atomic mass is 9.97. The first kappa shape index (κ1) is 19.3. The van der Waals surface area contributed by atoms with Gasteiger partial charge in [-0.1, -0.05) is 12.8 Å². The first-order valence-corrected chi connectivity index (χ1v) is 10.2. The Balaban J connectivity index is 1.71. The van der Waals surface area contributed by atoms with Crippen LogP contribution in [0.2, 0.25) is 0 Å². The molecule has 0 spiro atoms. The van der Waals surface area contributed by atoms with Gasteiger partial charge >= 0.3 is 0 Å². The summed E-state index contributed by atoms with van der Waals surface area (Å²) in [6.07, 6.45) is 6.63. The van der Waals surface area contributed by atoms with Gasteiger partial charge in [0.25, 0.3) is 5.91 Å². The number of nitriles is 1. The molecule has 27 heavy (non-hydrogen) atoms. The Kier molecular flexibility index (Phi) is 6.43. The van der Waals surface area contributed by atoms with E-state index in [9.17, 15) is 10.1 Å². The molecule has 140 valence electrons.